The first kappa shape index (κ1) is 41.4. The number of carbonyl (C=O) groups is 5. The molecule has 0 fully saturated rings. The van der Waals surface area contributed by atoms with Gasteiger partial charge >= 0.3 is 6.03 Å². The number of aromatic nitrogens is 1. The second-order valence-corrected chi connectivity index (χ2v) is 13.0. The number of likely N-dealkylation sites (N-methyl/N-ethyl adjacent to an activating group) is 1. The summed E-state index contributed by atoms with van der Waals surface area (Å²) in [6.45, 7) is 8.55. The first-order valence-corrected chi connectivity index (χ1v) is 17.3. The fourth-order valence-corrected chi connectivity index (χ4v) is 5.74. The number of nitrogens with two attached hydrogens (primary N) is 2. The SMILES string of the molecule is CCc1cc(O)n(CCCCCC(=O)NC(C)C(=O)NC(CCCNC(N)=O)C(=O)Nc2ccc(CCN(C)C(C(N)=O)C(C)C)cc2)c1O. The molecule has 0 aliphatic carbocycles. The number of hydrogen-bond acceptors (Lipinski definition) is 8. The van der Waals surface area contributed by atoms with Crippen LogP contribution in [0.2, 0.25) is 0 Å². The highest BCUT2D eigenvalue weighted by molar-refractivity contribution is 5.98. The zero-order valence-electron chi connectivity index (χ0n) is 30.0. The molecule has 10 N–H and O–H groups in total. The summed E-state index contributed by atoms with van der Waals surface area (Å²) in [4.78, 5) is 63.7. The van der Waals surface area contributed by atoms with Crippen molar-refractivity contribution >= 4 is 35.3 Å². The smallest absolute Gasteiger partial charge is 0.312 e. The van der Waals surface area contributed by atoms with Gasteiger partial charge in [-0.05, 0) is 76.1 Å². The summed E-state index contributed by atoms with van der Waals surface area (Å²) in [6.07, 6.45) is 3.85. The number of anilines is 1. The van der Waals surface area contributed by atoms with E-state index in [4.69, 9.17) is 11.5 Å². The van der Waals surface area contributed by atoms with Gasteiger partial charge in [0, 0.05) is 43.4 Å². The molecule has 0 saturated carbocycles. The molecule has 1 heterocycles. The van der Waals surface area contributed by atoms with Gasteiger partial charge in [-0.2, -0.15) is 0 Å². The third-order valence-corrected chi connectivity index (χ3v) is 8.53. The summed E-state index contributed by atoms with van der Waals surface area (Å²) in [5.41, 5.74) is 12.9. The first-order valence-electron chi connectivity index (χ1n) is 17.3. The number of nitrogens with zero attached hydrogens (tertiary/aromatic N) is 2. The minimum absolute atomic E-state index is 0.00385. The molecular formula is C35H56N8O7. The number of urea groups is 1. The van der Waals surface area contributed by atoms with Crippen molar-refractivity contribution in [1.82, 2.24) is 25.4 Å². The minimum Gasteiger partial charge on any atom is -0.494 e. The molecule has 50 heavy (non-hydrogen) atoms. The highest BCUT2D eigenvalue weighted by Gasteiger charge is 2.25. The number of aryl methyl sites for hydroxylation is 1. The van der Waals surface area contributed by atoms with Gasteiger partial charge in [0.25, 0.3) is 0 Å². The zero-order valence-corrected chi connectivity index (χ0v) is 30.0. The average Bonchev–Trinajstić information content (AvgIpc) is 3.32. The molecule has 6 amide bonds. The molecule has 0 saturated heterocycles. The number of amides is 6. The predicted molar refractivity (Wildman–Crippen MR) is 191 cm³/mol. The van der Waals surface area contributed by atoms with Crippen LogP contribution in [0, 0.1) is 5.92 Å². The van der Waals surface area contributed by atoms with Gasteiger partial charge < -0.3 is 42.9 Å². The van der Waals surface area contributed by atoms with E-state index in [1.165, 1.54) is 11.5 Å². The normalized spacial score (nSPS) is 13.0. The van der Waals surface area contributed by atoms with Crippen molar-refractivity contribution in [2.45, 2.75) is 104 Å². The van der Waals surface area contributed by atoms with Gasteiger partial charge in [0.05, 0.1) is 6.04 Å². The quantitative estimate of drug-likeness (QED) is 0.0845. The Bertz CT molecular complexity index is 1430. The van der Waals surface area contributed by atoms with E-state index in [1.807, 2.05) is 44.9 Å². The molecular weight excluding hydrogens is 644 g/mol. The number of nitrogens with one attached hydrogen (secondary N) is 4. The van der Waals surface area contributed by atoms with Crippen LogP contribution in [0.4, 0.5) is 10.5 Å². The van der Waals surface area contributed by atoms with Crippen LogP contribution >= 0.6 is 0 Å². The Morgan fingerprint density at radius 2 is 1.60 bits per heavy atom. The Balaban J connectivity index is 1.89. The summed E-state index contributed by atoms with van der Waals surface area (Å²) < 4.78 is 1.44. The fraction of sp³-hybridized carbons (Fsp3) is 0.571. The van der Waals surface area contributed by atoms with Crippen molar-refractivity contribution in [2.75, 3.05) is 25.5 Å². The van der Waals surface area contributed by atoms with Crippen molar-refractivity contribution < 1.29 is 34.2 Å². The molecule has 0 aliphatic rings. The standard InChI is InChI=1S/C35H56N8O7/c1-6-25-21-29(45)43(34(25)49)19-9-7-8-12-28(44)39-23(4)32(47)41-27(11-10-18-38-35(37)50)33(48)40-26-15-13-24(14-16-26)17-20-42(5)30(22(2)3)31(36)46/h13-16,21-23,27,30,45,49H,6-12,17-20H2,1-5H3,(H2,36,46)(H,39,44)(H,40,48)(H,41,47)(H3,37,38,50). The van der Waals surface area contributed by atoms with Gasteiger partial charge in [0.15, 0.2) is 11.8 Å². The number of hydrogen-bond donors (Lipinski definition) is 8. The molecule has 1 aromatic carbocycles. The van der Waals surface area contributed by atoms with Gasteiger partial charge in [0.2, 0.25) is 23.6 Å². The summed E-state index contributed by atoms with van der Waals surface area (Å²) in [6, 6.07) is 5.85. The van der Waals surface area contributed by atoms with Gasteiger partial charge in [0.1, 0.15) is 12.1 Å². The summed E-state index contributed by atoms with van der Waals surface area (Å²) in [5, 5.41) is 30.9. The van der Waals surface area contributed by atoms with Gasteiger partial charge in [-0.15, -0.1) is 0 Å². The lowest BCUT2D eigenvalue weighted by atomic mass is 10.0. The zero-order chi connectivity index (χ0) is 37.4. The molecule has 0 aliphatic heterocycles. The largest absolute Gasteiger partial charge is 0.494 e. The number of primary amides is 2. The van der Waals surface area contributed by atoms with Crippen molar-refractivity contribution in [3.05, 3.63) is 41.5 Å². The summed E-state index contributed by atoms with van der Waals surface area (Å²) in [7, 11) is 1.86. The van der Waals surface area contributed by atoms with Crippen molar-refractivity contribution in [1.29, 1.82) is 0 Å². The molecule has 1 aromatic heterocycles. The summed E-state index contributed by atoms with van der Waals surface area (Å²) in [5.74, 6) is -1.55. The maximum absolute atomic E-state index is 13.3. The van der Waals surface area contributed by atoms with Gasteiger partial charge in [-0.25, -0.2) is 4.79 Å². The van der Waals surface area contributed by atoms with E-state index in [1.54, 1.807) is 18.2 Å². The molecule has 15 nitrogen and oxygen atoms in total. The molecule has 0 radical (unpaired) electrons. The van der Waals surface area contributed by atoms with Gasteiger partial charge in [-0.1, -0.05) is 39.3 Å². The lowest BCUT2D eigenvalue weighted by Gasteiger charge is -2.28. The monoisotopic (exact) mass is 700 g/mol. The lowest BCUT2D eigenvalue weighted by molar-refractivity contribution is -0.130. The molecule has 278 valence electrons. The van der Waals surface area contributed by atoms with E-state index in [2.05, 4.69) is 21.3 Å². The maximum Gasteiger partial charge on any atom is 0.312 e. The van der Waals surface area contributed by atoms with Crippen LogP contribution in [-0.2, 0) is 38.6 Å². The molecule has 3 atom stereocenters. The van der Waals surface area contributed by atoms with E-state index >= 15 is 0 Å². The molecule has 3 unspecified atom stereocenters. The number of rotatable bonds is 22. The Morgan fingerprint density at radius 3 is 2.18 bits per heavy atom. The predicted octanol–water partition coefficient (Wildman–Crippen LogP) is 2.08. The van der Waals surface area contributed by atoms with E-state index in [-0.39, 0.29) is 54.9 Å². The first-order chi connectivity index (χ1) is 23.6. The lowest BCUT2D eigenvalue weighted by Crippen LogP contribution is -2.51. The Morgan fingerprint density at radius 1 is 0.920 bits per heavy atom. The molecule has 0 bridgehead atoms. The van der Waals surface area contributed by atoms with Crippen LogP contribution in [-0.4, -0.2) is 87.6 Å². The molecule has 2 rings (SSSR count). The van der Waals surface area contributed by atoms with Crippen LogP contribution in [0.3, 0.4) is 0 Å². The number of carbonyl (C=O) groups excluding carboxylic acids is 5. The van der Waals surface area contributed by atoms with Crippen LogP contribution in [0.1, 0.15) is 77.3 Å². The number of unbranched alkanes of at least 4 members (excludes halogenated alkanes) is 2. The van der Waals surface area contributed by atoms with Crippen LogP contribution in [0.15, 0.2) is 30.3 Å². The topological polar surface area (TPSA) is 234 Å². The van der Waals surface area contributed by atoms with E-state index < -0.39 is 29.9 Å². The fourth-order valence-electron chi connectivity index (χ4n) is 5.74. The van der Waals surface area contributed by atoms with E-state index in [0.29, 0.717) is 62.9 Å². The van der Waals surface area contributed by atoms with Crippen molar-refractivity contribution in [3.63, 3.8) is 0 Å². The Kier molecular flexibility index (Phi) is 17.1. The Labute approximate surface area is 294 Å². The third-order valence-electron chi connectivity index (χ3n) is 8.53. The molecule has 2 aromatic rings. The van der Waals surface area contributed by atoms with Crippen molar-refractivity contribution in [3.8, 4) is 11.8 Å². The summed E-state index contributed by atoms with van der Waals surface area (Å²) >= 11 is 0. The van der Waals surface area contributed by atoms with E-state index in [0.717, 1.165) is 5.56 Å². The van der Waals surface area contributed by atoms with Crippen LogP contribution < -0.4 is 32.7 Å². The molecule has 15 heteroatoms. The van der Waals surface area contributed by atoms with Crippen molar-refractivity contribution in [2.24, 2.45) is 17.4 Å². The highest BCUT2D eigenvalue weighted by Crippen LogP contribution is 2.28. The van der Waals surface area contributed by atoms with E-state index in [9.17, 15) is 34.2 Å². The average molecular weight is 701 g/mol. The van der Waals surface area contributed by atoms with Crippen LogP contribution in [0.25, 0.3) is 0 Å². The second-order valence-electron chi connectivity index (χ2n) is 13.0. The second kappa shape index (κ2) is 20.7. The third kappa shape index (κ3) is 13.6. The Hall–Kier alpha value is -4.79. The highest BCUT2D eigenvalue weighted by atomic mass is 16.3. The van der Waals surface area contributed by atoms with Gasteiger partial charge in [-0.3, -0.25) is 28.6 Å². The number of benzene rings is 1. The maximum atomic E-state index is 13.3. The number of aromatic hydroxyl groups is 2. The molecule has 0 spiro atoms. The van der Waals surface area contributed by atoms with Crippen LogP contribution in [0.5, 0.6) is 11.8 Å². The minimum atomic E-state index is -0.957.